The molecule has 1 aromatic heterocycles. The zero-order valence-electron chi connectivity index (χ0n) is 16.4. The number of ether oxygens (including phenoxy) is 1. The minimum atomic E-state index is -0.609. The van der Waals surface area contributed by atoms with Crippen molar-refractivity contribution in [1.82, 2.24) is 0 Å². The summed E-state index contributed by atoms with van der Waals surface area (Å²) in [6.07, 6.45) is 4.89. The Bertz CT molecular complexity index is 1120. The van der Waals surface area contributed by atoms with Gasteiger partial charge in [-0.15, -0.1) is 11.3 Å². The van der Waals surface area contributed by atoms with Gasteiger partial charge in [-0.1, -0.05) is 43.0 Å². The summed E-state index contributed by atoms with van der Waals surface area (Å²) in [5, 5.41) is 2.71. The smallest absolute Gasteiger partial charge is 0.265 e. The predicted molar refractivity (Wildman–Crippen MR) is 121 cm³/mol. The first kappa shape index (κ1) is 21.1. The second-order valence-electron chi connectivity index (χ2n) is 6.35. The number of anilines is 1. The third kappa shape index (κ3) is 5.46. The summed E-state index contributed by atoms with van der Waals surface area (Å²) < 4.78 is 20.0. The van der Waals surface area contributed by atoms with Gasteiger partial charge in [-0.3, -0.25) is 4.79 Å². The van der Waals surface area contributed by atoms with Crippen LogP contribution < -0.4 is 15.8 Å². The Kier molecular flexibility index (Phi) is 6.83. The molecule has 4 nitrogen and oxygen atoms in total. The highest BCUT2D eigenvalue weighted by atomic mass is 32.1. The van der Waals surface area contributed by atoms with E-state index in [1.54, 1.807) is 31.2 Å². The van der Waals surface area contributed by atoms with Gasteiger partial charge in [0.1, 0.15) is 5.76 Å². The number of benzene rings is 2. The zero-order chi connectivity index (χ0) is 21.5. The van der Waals surface area contributed by atoms with E-state index in [0.717, 1.165) is 10.4 Å². The number of amides is 1. The van der Waals surface area contributed by atoms with Crippen molar-refractivity contribution in [2.45, 2.75) is 6.92 Å². The average Bonchev–Trinajstić information content (AvgIpc) is 3.21. The van der Waals surface area contributed by atoms with Crippen LogP contribution in [0.5, 0.6) is 5.75 Å². The number of hydrogen-bond donors (Lipinski definition) is 2. The van der Waals surface area contributed by atoms with Crippen LogP contribution in [0.25, 0.3) is 10.4 Å². The van der Waals surface area contributed by atoms with Crippen LogP contribution in [0.4, 0.5) is 10.1 Å². The molecule has 3 N–H and O–H groups in total. The molecule has 0 unspecified atom stereocenters. The Morgan fingerprint density at radius 3 is 2.60 bits per heavy atom. The van der Waals surface area contributed by atoms with Crippen LogP contribution in [0, 0.1) is 5.82 Å². The number of rotatable bonds is 7. The van der Waals surface area contributed by atoms with E-state index in [4.69, 9.17) is 10.5 Å². The summed E-state index contributed by atoms with van der Waals surface area (Å²) >= 11 is 1.37. The van der Waals surface area contributed by atoms with E-state index in [9.17, 15) is 9.18 Å². The molecule has 1 heterocycles. The maximum atomic E-state index is 14.5. The van der Waals surface area contributed by atoms with E-state index in [1.807, 2.05) is 36.4 Å². The van der Waals surface area contributed by atoms with Gasteiger partial charge in [0.05, 0.1) is 4.88 Å². The molecule has 3 rings (SSSR count). The molecule has 0 fully saturated rings. The van der Waals surface area contributed by atoms with Gasteiger partial charge in [-0.2, -0.15) is 0 Å². The number of hydrogen-bond acceptors (Lipinski definition) is 4. The highest BCUT2D eigenvalue weighted by Crippen LogP contribution is 2.29. The summed E-state index contributed by atoms with van der Waals surface area (Å²) in [6.45, 7) is 5.39. The van der Waals surface area contributed by atoms with Crippen LogP contribution in [0.2, 0.25) is 0 Å². The first-order chi connectivity index (χ1) is 14.5. The lowest BCUT2D eigenvalue weighted by atomic mass is 10.2. The van der Waals surface area contributed by atoms with E-state index in [2.05, 4.69) is 11.9 Å². The molecule has 0 radical (unpaired) electrons. The van der Waals surface area contributed by atoms with Crippen LogP contribution in [-0.2, 0) is 0 Å². The first-order valence-corrected chi connectivity index (χ1v) is 10.0. The van der Waals surface area contributed by atoms with E-state index < -0.39 is 5.82 Å². The number of nitrogens with one attached hydrogen (secondary N) is 1. The van der Waals surface area contributed by atoms with Gasteiger partial charge in [-0.05, 0) is 42.8 Å². The molecule has 30 heavy (non-hydrogen) atoms. The summed E-state index contributed by atoms with van der Waals surface area (Å²) in [6, 6.07) is 17.7. The lowest BCUT2D eigenvalue weighted by molar-refractivity contribution is 0.103. The monoisotopic (exact) mass is 420 g/mol. The summed E-state index contributed by atoms with van der Waals surface area (Å²) in [5.74, 6) is -0.542. The Morgan fingerprint density at radius 1 is 1.17 bits per heavy atom. The maximum Gasteiger partial charge on any atom is 0.265 e. The number of carbonyl (C=O) groups excluding carboxylic acids is 1. The summed E-state index contributed by atoms with van der Waals surface area (Å²) in [4.78, 5) is 14.1. The highest BCUT2D eigenvalue weighted by Gasteiger charge is 2.13. The van der Waals surface area contributed by atoms with Crippen molar-refractivity contribution in [2.75, 3.05) is 5.32 Å². The van der Waals surface area contributed by atoms with E-state index in [-0.39, 0.29) is 11.7 Å². The van der Waals surface area contributed by atoms with Crippen LogP contribution in [-0.4, -0.2) is 5.91 Å². The minimum absolute atomic E-state index is 0.0149. The molecule has 0 atom stereocenters. The molecule has 6 heteroatoms. The second kappa shape index (κ2) is 9.71. The van der Waals surface area contributed by atoms with Gasteiger partial charge in [0.25, 0.3) is 5.91 Å². The van der Waals surface area contributed by atoms with Gasteiger partial charge in [-0.25, -0.2) is 4.39 Å². The minimum Gasteiger partial charge on any atom is -0.454 e. The topological polar surface area (TPSA) is 64.3 Å². The Balaban J connectivity index is 1.72. The van der Waals surface area contributed by atoms with Crippen LogP contribution in [0.3, 0.4) is 0 Å². The number of nitrogens with two attached hydrogens (primary N) is 1. The van der Waals surface area contributed by atoms with Gasteiger partial charge < -0.3 is 15.8 Å². The Hall–Kier alpha value is -3.64. The van der Waals surface area contributed by atoms with E-state index in [0.29, 0.717) is 22.0 Å². The molecule has 0 aliphatic rings. The first-order valence-electron chi connectivity index (χ1n) is 9.19. The normalized spacial score (nSPS) is 11.5. The largest absolute Gasteiger partial charge is 0.454 e. The average molecular weight is 421 g/mol. The fraction of sp³-hybridized carbons (Fsp3) is 0.0417. The molecule has 0 aliphatic carbocycles. The summed E-state index contributed by atoms with van der Waals surface area (Å²) in [7, 11) is 0. The lowest BCUT2D eigenvalue weighted by Crippen LogP contribution is -2.10. The molecule has 0 aliphatic heterocycles. The Labute approximate surface area is 178 Å². The van der Waals surface area contributed by atoms with Crippen molar-refractivity contribution < 1.29 is 13.9 Å². The van der Waals surface area contributed by atoms with Crippen molar-refractivity contribution in [3.05, 3.63) is 108 Å². The SMILES string of the molecule is C=C(N)/C=C(\C=C/C)Oc1ccc(NC(=O)c2ccc(-c3ccccc3)s2)cc1F. The molecule has 0 bridgehead atoms. The van der Waals surface area contributed by atoms with Gasteiger partial charge in [0.2, 0.25) is 0 Å². The molecule has 3 aromatic rings. The van der Waals surface area contributed by atoms with Crippen molar-refractivity contribution in [2.24, 2.45) is 5.73 Å². The molecule has 0 saturated carbocycles. The molecular weight excluding hydrogens is 399 g/mol. The maximum absolute atomic E-state index is 14.5. The van der Waals surface area contributed by atoms with E-state index in [1.165, 1.54) is 29.5 Å². The highest BCUT2D eigenvalue weighted by molar-refractivity contribution is 7.17. The molecule has 0 spiro atoms. The number of allylic oxidation sites excluding steroid dienone is 3. The van der Waals surface area contributed by atoms with E-state index >= 15 is 0 Å². The zero-order valence-corrected chi connectivity index (χ0v) is 17.2. The standard InChI is InChI=1S/C24H21FN2O2S/c1-3-7-19(14-16(2)26)29-21-11-10-18(15-20(21)25)27-24(28)23-13-12-22(30-23)17-8-5-4-6-9-17/h3-15H,2,26H2,1H3,(H,27,28)/b7-3-,19-14+. The Morgan fingerprint density at radius 2 is 1.93 bits per heavy atom. The third-order valence-corrected chi connectivity index (χ3v) is 5.10. The third-order valence-electron chi connectivity index (χ3n) is 3.96. The molecule has 0 saturated heterocycles. The van der Waals surface area contributed by atoms with Crippen LogP contribution in [0.1, 0.15) is 16.6 Å². The molecular formula is C24H21FN2O2S. The molecule has 152 valence electrons. The van der Waals surface area contributed by atoms with Crippen molar-refractivity contribution >= 4 is 22.9 Å². The second-order valence-corrected chi connectivity index (χ2v) is 7.44. The fourth-order valence-corrected chi connectivity index (χ4v) is 3.56. The summed E-state index contributed by atoms with van der Waals surface area (Å²) in [5.41, 5.74) is 7.23. The molecule has 2 aromatic carbocycles. The fourth-order valence-electron chi connectivity index (χ4n) is 2.66. The number of carbonyl (C=O) groups is 1. The van der Waals surface area contributed by atoms with Crippen molar-refractivity contribution in [3.63, 3.8) is 0 Å². The van der Waals surface area contributed by atoms with Gasteiger partial charge >= 0.3 is 0 Å². The van der Waals surface area contributed by atoms with Gasteiger partial charge in [0, 0.05) is 28.4 Å². The van der Waals surface area contributed by atoms with Crippen LogP contribution in [0.15, 0.2) is 96.9 Å². The predicted octanol–water partition coefficient (Wildman–Crippen LogP) is 6.12. The lowest BCUT2D eigenvalue weighted by Gasteiger charge is -2.10. The van der Waals surface area contributed by atoms with Crippen LogP contribution >= 0.6 is 11.3 Å². The number of halogens is 1. The molecule has 1 amide bonds. The quantitative estimate of drug-likeness (QED) is 0.358. The van der Waals surface area contributed by atoms with Gasteiger partial charge in [0.15, 0.2) is 11.6 Å². The van der Waals surface area contributed by atoms with Crippen molar-refractivity contribution in [3.8, 4) is 16.2 Å². The van der Waals surface area contributed by atoms with Crippen molar-refractivity contribution in [1.29, 1.82) is 0 Å². The number of thiophene rings is 1.